The summed E-state index contributed by atoms with van der Waals surface area (Å²) in [6, 6.07) is 10.1. The van der Waals surface area contributed by atoms with Crippen molar-refractivity contribution in [2.45, 2.75) is 38.3 Å². The molecule has 1 aromatic carbocycles. The predicted molar refractivity (Wildman–Crippen MR) is 73.4 cm³/mol. The van der Waals surface area contributed by atoms with Gasteiger partial charge in [0.15, 0.2) is 0 Å². The number of nitrogens with one attached hydrogen (secondary N) is 1. The Morgan fingerprint density at radius 1 is 1.29 bits per heavy atom. The molecule has 1 aliphatic carbocycles. The van der Waals surface area contributed by atoms with Gasteiger partial charge in [0.25, 0.3) is 0 Å². The van der Waals surface area contributed by atoms with Gasteiger partial charge in [0.2, 0.25) is 0 Å². The van der Waals surface area contributed by atoms with Crippen molar-refractivity contribution >= 4 is 0 Å². The zero-order valence-corrected chi connectivity index (χ0v) is 11.2. The van der Waals surface area contributed by atoms with Gasteiger partial charge in [-0.25, -0.2) is 0 Å². The SMILES string of the molecule is CC(CNC1CCc2ccccc2C1)N(C)C. The Labute approximate surface area is 105 Å². The van der Waals surface area contributed by atoms with E-state index in [9.17, 15) is 0 Å². The van der Waals surface area contributed by atoms with E-state index >= 15 is 0 Å². The second kappa shape index (κ2) is 5.65. The van der Waals surface area contributed by atoms with Gasteiger partial charge in [-0.2, -0.15) is 0 Å². The summed E-state index contributed by atoms with van der Waals surface area (Å²) in [5.74, 6) is 0. The molecule has 1 aliphatic rings. The number of benzene rings is 1. The minimum Gasteiger partial charge on any atom is -0.312 e. The van der Waals surface area contributed by atoms with Crippen molar-refractivity contribution in [3.8, 4) is 0 Å². The summed E-state index contributed by atoms with van der Waals surface area (Å²) in [5.41, 5.74) is 3.08. The fourth-order valence-corrected chi connectivity index (χ4v) is 2.39. The van der Waals surface area contributed by atoms with E-state index in [1.165, 1.54) is 24.8 Å². The number of hydrogen-bond acceptors (Lipinski definition) is 2. The monoisotopic (exact) mass is 232 g/mol. The maximum atomic E-state index is 3.70. The molecule has 17 heavy (non-hydrogen) atoms. The standard InChI is InChI=1S/C15H24N2/c1-12(17(2)3)11-16-15-9-8-13-6-4-5-7-14(13)10-15/h4-7,12,15-16H,8-11H2,1-3H3. The van der Waals surface area contributed by atoms with Gasteiger partial charge in [-0.05, 0) is 51.4 Å². The Morgan fingerprint density at radius 3 is 2.71 bits per heavy atom. The molecule has 0 fully saturated rings. The van der Waals surface area contributed by atoms with Crippen LogP contribution in [0.3, 0.4) is 0 Å². The first-order valence-corrected chi connectivity index (χ1v) is 6.63. The molecule has 94 valence electrons. The molecule has 0 saturated heterocycles. The minimum absolute atomic E-state index is 0.604. The van der Waals surface area contributed by atoms with E-state index in [0.29, 0.717) is 12.1 Å². The third-order valence-corrected chi connectivity index (χ3v) is 3.93. The van der Waals surface area contributed by atoms with E-state index in [1.54, 1.807) is 5.56 Å². The maximum Gasteiger partial charge on any atom is 0.0186 e. The molecule has 1 aromatic rings. The highest BCUT2D eigenvalue weighted by molar-refractivity contribution is 5.30. The molecule has 2 rings (SSSR count). The molecule has 0 aliphatic heterocycles. The Bertz CT molecular complexity index is 360. The van der Waals surface area contributed by atoms with Gasteiger partial charge in [-0.3, -0.25) is 0 Å². The van der Waals surface area contributed by atoms with Crippen molar-refractivity contribution in [2.75, 3.05) is 20.6 Å². The Morgan fingerprint density at radius 2 is 2.00 bits per heavy atom. The Balaban J connectivity index is 1.86. The van der Waals surface area contributed by atoms with E-state index < -0.39 is 0 Å². The normalized spacial score (nSPS) is 21.3. The lowest BCUT2D eigenvalue weighted by atomic mass is 9.88. The fraction of sp³-hybridized carbons (Fsp3) is 0.600. The molecule has 0 spiro atoms. The Kier molecular flexibility index (Phi) is 4.19. The zero-order valence-electron chi connectivity index (χ0n) is 11.2. The number of nitrogens with zero attached hydrogens (tertiary/aromatic N) is 1. The molecule has 2 atom stereocenters. The van der Waals surface area contributed by atoms with Crippen LogP contribution in [0, 0.1) is 0 Å². The first kappa shape index (κ1) is 12.6. The smallest absolute Gasteiger partial charge is 0.0186 e. The van der Waals surface area contributed by atoms with E-state index in [-0.39, 0.29) is 0 Å². The Hall–Kier alpha value is -0.860. The third kappa shape index (κ3) is 3.30. The van der Waals surface area contributed by atoms with Gasteiger partial charge in [0.05, 0.1) is 0 Å². The summed E-state index contributed by atoms with van der Waals surface area (Å²) in [4.78, 5) is 2.27. The molecule has 0 bridgehead atoms. The first-order valence-electron chi connectivity index (χ1n) is 6.63. The van der Waals surface area contributed by atoms with Crippen molar-refractivity contribution in [3.05, 3.63) is 35.4 Å². The van der Waals surface area contributed by atoms with Crippen molar-refractivity contribution < 1.29 is 0 Å². The van der Waals surface area contributed by atoms with E-state index in [0.717, 1.165) is 6.54 Å². The van der Waals surface area contributed by atoms with Gasteiger partial charge in [-0.15, -0.1) is 0 Å². The molecular weight excluding hydrogens is 208 g/mol. The largest absolute Gasteiger partial charge is 0.312 e. The van der Waals surface area contributed by atoms with Gasteiger partial charge in [0, 0.05) is 18.6 Å². The highest BCUT2D eigenvalue weighted by atomic mass is 15.1. The summed E-state index contributed by atoms with van der Waals surface area (Å²) < 4.78 is 0. The highest BCUT2D eigenvalue weighted by Crippen LogP contribution is 2.20. The minimum atomic E-state index is 0.604. The molecule has 0 saturated carbocycles. The van der Waals surface area contributed by atoms with Crippen LogP contribution >= 0.6 is 0 Å². The van der Waals surface area contributed by atoms with E-state index in [2.05, 4.69) is 55.5 Å². The maximum absolute atomic E-state index is 3.70. The number of hydrogen-bond donors (Lipinski definition) is 1. The number of aryl methyl sites for hydroxylation is 1. The lowest BCUT2D eigenvalue weighted by Crippen LogP contribution is -2.42. The third-order valence-electron chi connectivity index (χ3n) is 3.93. The topological polar surface area (TPSA) is 15.3 Å². The number of fused-ring (bicyclic) bond motifs is 1. The van der Waals surface area contributed by atoms with Crippen LogP contribution in [0.5, 0.6) is 0 Å². The van der Waals surface area contributed by atoms with Gasteiger partial charge in [-0.1, -0.05) is 24.3 Å². The van der Waals surface area contributed by atoms with Crippen LogP contribution in [0.2, 0.25) is 0 Å². The molecule has 2 nitrogen and oxygen atoms in total. The van der Waals surface area contributed by atoms with Crippen LogP contribution in [0.4, 0.5) is 0 Å². The average Bonchev–Trinajstić information content (AvgIpc) is 2.35. The van der Waals surface area contributed by atoms with Crippen LogP contribution in [-0.2, 0) is 12.8 Å². The lowest BCUT2D eigenvalue weighted by Gasteiger charge is -2.28. The van der Waals surface area contributed by atoms with Gasteiger partial charge in [0.1, 0.15) is 0 Å². The van der Waals surface area contributed by atoms with E-state index in [1.807, 2.05) is 0 Å². The molecule has 0 heterocycles. The van der Waals surface area contributed by atoms with Crippen LogP contribution in [0.1, 0.15) is 24.5 Å². The lowest BCUT2D eigenvalue weighted by molar-refractivity contribution is 0.288. The molecule has 2 unspecified atom stereocenters. The van der Waals surface area contributed by atoms with Crippen molar-refractivity contribution in [2.24, 2.45) is 0 Å². The zero-order chi connectivity index (χ0) is 12.3. The molecule has 0 radical (unpaired) electrons. The molecular formula is C15H24N2. The van der Waals surface area contributed by atoms with Crippen molar-refractivity contribution in [3.63, 3.8) is 0 Å². The van der Waals surface area contributed by atoms with Crippen LogP contribution in [0.25, 0.3) is 0 Å². The summed E-state index contributed by atoms with van der Waals surface area (Å²) in [6.45, 7) is 3.35. The van der Waals surface area contributed by atoms with Crippen molar-refractivity contribution in [1.29, 1.82) is 0 Å². The fourth-order valence-electron chi connectivity index (χ4n) is 2.39. The van der Waals surface area contributed by atoms with Crippen molar-refractivity contribution in [1.82, 2.24) is 10.2 Å². The number of rotatable bonds is 4. The summed E-state index contributed by atoms with van der Waals surface area (Å²) in [7, 11) is 4.28. The van der Waals surface area contributed by atoms with E-state index in [4.69, 9.17) is 0 Å². The first-order chi connectivity index (χ1) is 8.16. The van der Waals surface area contributed by atoms with Gasteiger partial charge >= 0.3 is 0 Å². The quantitative estimate of drug-likeness (QED) is 0.855. The second-order valence-electron chi connectivity index (χ2n) is 5.43. The van der Waals surface area contributed by atoms with Crippen LogP contribution in [-0.4, -0.2) is 37.6 Å². The molecule has 0 aromatic heterocycles. The summed E-state index contributed by atoms with van der Waals surface area (Å²) >= 11 is 0. The predicted octanol–water partition coefficient (Wildman–Crippen LogP) is 2.08. The molecule has 0 amide bonds. The average molecular weight is 232 g/mol. The summed E-state index contributed by atoms with van der Waals surface area (Å²) in [6.07, 6.45) is 3.69. The number of likely N-dealkylation sites (N-methyl/N-ethyl adjacent to an activating group) is 1. The van der Waals surface area contributed by atoms with Crippen LogP contribution < -0.4 is 5.32 Å². The molecule has 1 N–H and O–H groups in total. The van der Waals surface area contributed by atoms with Gasteiger partial charge < -0.3 is 10.2 Å². The molecule has 2 heteroatoms. The highest BCUT2D eigenvalue weighted by Gasteiger charge is 2.18. The van der Waals surface area contributed by atoms with Crippen LogP contribution in [0.15, 0.2) is 24.3 Å². The second-order valence-corrected chi connectivity index (χ2v) is 5.43. The summed E-state index contributed by atoms with van der Waals surface area (Å²) in [5, 5.41) is 3.70.